The van der Waals surface area contributed by atoms with Crippen LogP contribution in [0.1, 0.15) is 36.1 Å². The normalized spacial score (nSPS) is 23.0. The summed E-state index contributed by atoms with van der Waals surface area (Å²) in [5.74, 6) is 0.990. The maximum absolute atomic E-state index is 5.91. The first-order chi connectivity index (χ1) is 7.67. The average Bonchev–Trinajstić information content (AvgIpc) is 2.58. The topological polar surface area (TPSA) is 30.5 Å². The molecule has 2 atom stereocenters. The van der Waals surface area contributed by atoms with E-state index in [0.29, 0.717) is 0 Å². The third-order valence-corrected chi connectivity index (χ3v) is 3.26. The minimum absolute atomic E-state index is 0.143. The molecule has 3 heteroatoms. The Morgan fingerprint density at radius 1 is 1.31 bits per heavy atom. The molecule has 0 saturated heterocycles. The van der Waals surface area contributed by atoms with Crippen molar-refractivity contribution in [3.05, 3.63) is 28.8 Å². The van der Waals surface area contributed by atoms with E-state index in [9.17, 15) is 0 Å². The van der Waals surface area contributed by atoms with Gasteiger partial charge in [0.1, 0.15) is 11.9 Å². The van der Waals surface area contributed by atoms with E-state index >= 15 is 0 Å². The molecule has 1 aliphatic rings. The molecule has 0 saturated carbocycles. The Bertz CT molecular complexity index is 390. The van der Waals surface area contributed by atoms with Crippen LogP contribution in [0.3, 0.4) is 0 Å². The number of fused-ring (bicyclic) bond motifs is 1. The van der Waals surface area contributed by atoms with Gasteiger partial charge in [0.05, 0.1) is 13.2 Å². The van der Waals surface area contributed by atoms with Gasteiger partial charge in [0.15, 0.2) is 0 Å². The second-order valence-electron chi connectivity index (χ2n) is 4.34. The molecule has 3 nitrogen and oxygen atoms in total. The molecule has 1 aliphatic heterocycles. The van der Waals surface area contributed by atoms with E-state index in [4.69, 9.17) is 9.57 Å². The smallest absolute Gasteiger partial charge is 0.125 e. The van der Waals surface area contributed by atoms with Gasteiger partial charge in [-0.05, 0) is 37.5 Å². The highest BCUT2D eigenvalue weighted by molar-refractivity contribution is 5.46. The van der Waals surface area contributed by atoms with E-state index in [0.717, 1.165) is 12.2 Å². The highest BCUT2D eigenvalue weighted by atomic mass is 16.6. The van der Waals surface area contributed by atoms with E-state index in [1.54, 1.807) is 7.11 Å². The van der Waals surface area contributed by atoms with Gasteiger partial charge in [-0.3, -0.25) is 0 Å². The predicted molar refractivity (Wildman–Crippen MR) is 63.5 cm³/mol. The minimum atomic E-state index is 0.143. The largest absolute Gasteiger partial charge is 0.488 e. The molecule has 0 amide bonds. The molecule has 2 unspecified atom stereocenters. The fourth-order valence-corrected chi connectivity index (χ4v) is 2.17. The number of aryl methyl sites for hydroxylation is 2. The summed E-state index contributed by atoms with van der Waals surface area (Å²) >= 11 is 0. The van der Waals surface area contributed by atoms with Crippen LogP contribution in [0.4, 0.5) is 0 Å². The van der Waals surface area contributed by atoms with Gasteiger partial charge in [0, 0.05) is 5.56 Å². The fourth-order valence-electron chi connectivity index (χ4n) is 2.17. The zero-order chi connectivity index (χ0) is 11.7. The minimum Gasteiger partial charge on any atom is -0.488 e. The van der Waals surface area contributed by atoms with Crippen LogP contribution in [0.2, 0.25) is 0 Å². The number of hydrogen-bond acceptors (Lipinski definition) is 3. The summed E-state index contributed by atoms with van der Waals surface area (Å²) in [4.78, 5) is 5.05. The van der Waals surface area contributed by atoms with Crippen molar-refractivity contribution >= 4 is 0 Å². The average molecular weight is 221 g/mol. The third-order valence-electron chi connectivity index (χ3n) is 3.26. The molecule has 16 heavy (non-hydrogen) atoms. The Hall–Kier alpha value is -1.06. The van der Waals surface area contributed by atoms with Crippen LogP contribution in [-0.2, 0) is 4.84 Å². The van der Waals surface area contributed by atoms with Crippen LogP contribution in [0.25, 0.3) is 0 Å². The standard InChI is InChI=1S/C13H19NO2/c1-5-11-13(14-15-4)10-6-8(2)9(3)7-12(10)16-11/h6-7,11,13-14H,5H2,1-4H3. The first kappa shape index (κ1) is 11.4. The van der Waals surface area contributed by atoms with Crippen molar-refractivity contribution in [3.8, 4) is 5.75 Å². The number of rotatable bonds is 3. The van der Waals surface area contributed by atoms with Crippen LogP contribution >= 0.6 is 0 Å². The van der Waals surface area contributed by atoms with Gasteiger partial charge in [0.2, 0.25) is 0 Å². The van der Waals surface area contributed by atoms with Crippen molar-refractivity contribution in [1.82, 2.24) is 5.48 Å². The molecular formula is C13H19NO2. The molecule has 0 spiro atoms. The van der Waals surface area contributed by atoms with E-state index < -0.39 is 0 Å². The lowest BCUT2D eigenvalue weighted by atomic mass is 9.99. The zero-order valence-corrected chi connectivity index (χ0v) is 10.3. The monoisotopic (exact) mass is 221 g/mol. The van der Waals surface area contributed by atoms with Crippen molar-refractivity contribution in [1.29, 1.82) is 0 Å². The van der Waals surface area contributed by atoms with Gasteiger partial charge >= 0.3 is 0 Å². The summed E-state index contributed by atoms with van der Waals surface area (Å²) in [5, 5.41) is 0. The summed E-state index contributed by atoms with van der Waals surface area (Å²) in [7, 11) is 1.64. The summed E-state index contributed by atoms with van der Waals surface area (Å²) < 4.78 is 5.91. The molecule has 1 aromatic rings. The molecule has 1 aromatic carbocycles. The van der Waals surface area contributed by atoms with Crippen LogP contribution in [0.15, 0.2) is 12.1 Å². The Kier molecular flexibility index (Phi) is 3.17. The molecule has 2 rings (SSSR count). The lowest BCUT2D eigenvalue weighted by molar-refractivity contribution is 0.0283. The maximum atomic E-state index is 5.91. The summed E-state index contributed by atoms with van der Waals surface area (Å²) in [6, 6.07) is 4.45. The van der Waals surface area contributed by atoms with Crippen LogP contribution in [0.5, 0.6) is 5.75 Å². The fraction of sp³-hybridized carbons (Fsp3) is 0.538. The predicted octanol–water partition coefficient (Wildman–Crippen LogP) is 2.67. The lowest BCUT2D eigenvalue weighted by Gasteiger charge is -2.17. The second-order valence-corrected chi connectivity index (χ2v) is 4.34. The molecule has 0 radical (unpaired) electrons. The molecule has 88 valence electrons. The van der Waals surface area contributed by atoms with Gasteiger partial charge in [-0.2, -0.15) is 5.48 Å². The third kappa shape index (κ3) is 1.81. The second kappa shape index (κ2) is 4.44. The van der Waals surface area contributed by atoms with E-state index in [-0.39, 0.29) is 12.1 Å². The lowest BCUT2D eigenvalue weighted by Crippen LogP contribution is -2.29. The highest BCUT2D eigenvalue weighted by Crippen LogP contribution is 2.39. The van der Waals surface area contributed by atoms with E-state index in [2.05, 4.69) is 38.4 Å². The molecule has 0 fully saturated rings. The van der Waals surface area contributed by atoms with E-state index in [1.807, 2.05) is 0 Å². The van der Waals surface area contributed by atoms with Crippen molar-refractivity contribution < 1.29 is 9.57 Å². The first-order valence-electron chi connectivity index (χ1n) is 5.73. The van der Waals surface area contributed by atoms with Crippen molar-refractivity contribution in [3.63, 3.8) is 0 Å². The van der Waals surface area contributed by atoms with Crippen molar-refractivity contribution in [2.75, 3.05) is 7.11 Å². The van der Waals surface area contributed by atoms with E-state index in [1.165, 1.54) is 16.7 Å². The molecule has 1 N–H and O–H groups in total. The Labute approximate surface area is 96.7 Å². The molecule has 0 aromatic heterocycles. The van der Waals surface area contributed by atoms with Gasteiger partial charge in [-0.1, -0.05) is 13.0 Å². The van der Waals surface area contributed by atoms with Crippen molar-refractivity contribution in [2.45, 2.75) is 39.3 Å². The van der Waals surface area contributed by atoms with Crippen LogP contribution in [-0.4, -0.2) is 13.2 Å². The number of nitrogens with one attached hydrogen (secondary N) is 1. The number of benzene rings is 1. The maximum Gasteiger partial charge on any atom is 0.125 e. The SMILES string of the molecule is CCC1Oc2cc(C)c(C)cc2C1NOC. The highest BCUT2D eigenvalue weighted by Gasteiger charge is 2.33. The van der Waals surface area contributed by atoms with Gasteiger partial charge in [0.25, 0.3) is 0 Å². The van der Waals surface area contributed by atoms with Crippen molar-refractivity contribution in [2.24, 2.45) is 0 Å². The molecular weight excluding hydrogens is 202 g/mol. The zero-order valence-electron chi connectivity index (χ0n) is 10.3. The molecule has 0 aliphatic carbocycles. The summed E-state index contributed by atoms with van der Waals surface area (Å²) in [6.45, 7) is 6.36. The number of hydroxylamine groups is 1. The Morgan fingerprint density at radius 3 is 2.62 bits per heavy atom. The number of ether oxygens (including phenoxy) is 1. The van der Waals surface area contributed by atoms with Gasteiger partial charge in [-0.25, -0.2) is 0 Å². The summed E-state index contributed by atoms with van der Waals surface area (Å²) in [5.41, 5.74) is 6.79. The van der Waals surface area contributed by atoms with Gasteiger partial charge in [-0.15, -0.1) is 0 Å². The van der Waals surface area contributed by atoms with Gasteiger partial charge < -0.3 is 9.57 Å². The Morgan fingerprint density at radius 2 is 2.00 bits per heavy atom. The number of hydrogen-bond donors (Lipinski definition) is 1. The summed E-state index contributed by atoms with van der Waals surface area (Å²) in [6.07, 6.45) is 1.13. The molecule has 1 heterocycles. The Balaban J connectivity index is 2.38. The van der Waals surface area contributed by atoms with Crippen LogP contribution in [0, 0.1) is 13.8 Å². The first-order valence-corrected chi connectivity index (χ1v) is 5.73. The quantitative estimate of drug-likeness (QED) is 0.796. The van der Waals surface area contributed by atoms with Crippen LogP contribution < -0.4 is 10.2 Å². The molecule has 0 bridgehead atoms.